The van der Waals surface area contributed by atoms with Gasteiger partial charge in [0, 0.05) is 25.4 Å². The zero-order valence-corrected chi connectivity index (χ0v) is 12.2. The van der Waals surface area contributed by atoms with Crippen LogP contribution in [-0.2, 0) is 4.74 Å². The van der Waals surface area contributed by atoms with E-state index >= 15 is 0 Å². The lowest BCUT2D eigenvalue weighted by molar-refractivity contribution is 0.0697. The fourth-order valence-corrected chi connectivity index (χ4v) is 2.34. The highest BCUT2D eigenvalue weighted by Crippen LogP contribution is 2.20. The maximum Gasteiger partial charge on any atom is 0.337 e. The third-order valence-corrected chi connectivity index (χ3v) is 3.65. The molecule has 0 aromatic heterocycles. The van der Waals surface area contributed by atoms with Crippen LogP contribution in [0.2, 0.25) is 5.02 Å². The molecule has 114 valence electrons. The van der Waals surface area contributed by atoms with Crippen LogP contribution in [0.4, 0.5) is 10.5 Å². The van der Waals surface area contributed by atoms with Crippen molar-refractivity contribution in [1.29, 1.82) is 0 Å². The largest absolute Gasteiger partial charge is 0.478 e. The molecule has 0 aliphatic carbocycles. The van der Waals surface area contributed by atoms with Gasteiger partial charge in [-0.2, -0.15) is 0 Å². The van der Waals surface area contributed by atoms with E-state index < -0.39 is 5.97 Å². The number of carbonyl (C=O) groups excluding carboxylic acids is 1. The Morgan fingerprint density at radius 3 is 2.90 bits per heavy atom. The van der Waals surface area contributed by atoms with Gasteiger partial charge in [0.15, 0.2) is 0 Å². The van der Waals surface area contributed by atoms with Crippen molar-refractivity contribution in [2.75, 3.05) is 25.1 Å². The quantitative estimate of drug-likeness (QED) is 0.780. The van der Waals surface area contributed by atoms with Gasteiger partial charge in [0.2, 0.25) is 0 Å². The highest BCUT2D eigenvalue weighted by atomic mass is 35.5. The van der Waals surface area contributed by atoms with Crippen molar-refractivity contribution in [1.82, 2.24) is 5.32 Å². The number of hydrogen-bond acceptors (Lipinski definition) is 3. The van der Waals surface area contributed by atoms with Gasteiger partial charge in [-0.15, -0.1) is 0 Å². The predicted octanol–water partition coefficient (Wildman–Crippen LogP) is 2.59. The van der Waals surface area contributed by atoms with Crippen LogP contribution < -0.4 is 10.6 Å². The molecule has 2 amide bonds. The molecule has 1 atom stereocenters. The van der Waals surface area contributed by atoms with Gasteiger partial charge in [0.05, 0.1) is 10.6 Å². The molecule has 1 aliphatic heterocycles. The number of aromatic carboxylic acids is 1. The van der Waals surface area contributed by atoms with E-state index in [2.05, 4.69) is 10.6 Å². The molecule has 1 aromatic rings. The molecule has 0 radical (unpaired) electrons. The summed E-state index contributed by atoms with van der Waals surface area (Å²) >= 11 is 5.76. The molecule has 1 aromatic carbocycles. The molecule has 0 spiro atoms. The number of benzene rings is 1. The minimum absolute atomic E-state index is 0.0439. The fraction of sp³-hybridized carbons (Fsp3) is 0.429. The molecular formula is C14H17ClN2O4. The van der Waals surface area contributed by atoms with Gasteiger partial charge in [-0.1, -0.05) is 11.6 Å². The predicted molar refractivity (Wildman–Crippen MR) is 79.0 cm³/mol. The topological polar surface area (TPSA) is 87.7 Å². The number of anilines is 1. The molecule has 1 fully saturated rings. The van der Waals surface area contributed by atoms with Crippen molar-refractivity contribution in [2.45, 2.75) is 12.8 Å². The molecule has 0 saturated carbocycles. The van der Waals surface area contributed by atoms with Gasteiger partial charge in [-0.05, 0) is 37.0 Å². The summed E-state index contributed by atoms with van der Waals surface area (Å²) in [7, 11) is 0. The maximum absolute atomic E-state index is 11.7. The monoisotopic (exact) mass is 312 g/mol. The Morgan fingerprint density at radius 1 is 1.43 bits per heavy atom. The van der Waals surface area contributed by atoms with Gasteiger partial charge >= 0.3 is 12.0 Å². The Bertz CT molecular complexity index is 530. The van der Waals surface area contributed by atoms with Crippen molar-refractivity contribution in [3.63, 3.8) is 0 Å². The number of ether oxygens (including phenoxy) is 1. The maximum atomic E-state index is 11.7. The van der Waals surface area contributed by atoms with E-state index in [1.165, 1.54) is 12.1 Å². The summed E-state index contributed by atoms with van der Waals surface area (Å²) in [5.41, 5.74) is 0.344. The van der Waals surface area contributed by atoms with Crippen LogP contribution >= 0.6 is 11.6 Å². The zero-order valence-electron chi connectivity index (χ0n) is 11.4. The van der Waals surface area contributed by atoms with Gasteiger partial charge in [0.1, 0.15) is 0 Å². The number of carboxylic acid groups (broad SMARTS) is 1. The number of carboxylic acids is 1. The second kappa shape index (κ2) is 7.28. The second-order valence-electron chi connectivity index (χ2n) is 4.90. The normalized spacial score (nSPS) is 17.5. The Morgan fingerprint density at radius 2 is 2.24 bits per heavy atom. The third-order valence-electron chi connectivity index (χ3n) is 3.32. The smallest absolute Gasteiger partial charge is 0.337 e. The summed E-state index contributed by atoms with van der Waals surface area (Å²) in [6.07, 6.45) is 1.90. The summed E-state index contributed by atoms with van der Waals surface area (Å²) in [6.45, 7) is 2.10. The highest BCUT2D eigenvalue weighted by molar-refractivity contribution is 6.33. The average molecular weight is 313 g/mol. The highest BCUT2D eigenvalue weighted by Gasteiger charge is 2.15. The van der Waals surface area contributed by atoms with Crippen LogP contribution in [0.1, 0.15) is 23.2 Å². The SMILES string of the molecule is O=C(NCCC1CCOC1)Nc1ccc(Cl)c(C(=O)O)c1. The van der Waals surface area contributed by atoms with Crippen molar-refractivity contribution < 1.29 is 19.4 Å². The molecule has 1 saturated heterocycles. The van der Waals surface area contributed by atoms with Crippen LogP contribution in [0.5, 0.6) is 0 Å². The molecule has 0 bridgehead atoms. The first-order valence-corrected chi connectivity index (χ1v) is 7.09. The number of rotatable bonds is 5. The van der Waals surface area contributed by atoms with Crippen molar-refractivity contribution >= 4 is 29.3 Å². The molecule has 1 unspecified atom stereocenters. The van der Waals surface area contributed by atoms with Crippen molar-refractivity contribution in [3.05, 3.63) is 28.8 Å². The van der Waals surface area contributed by atoms with E-state index in [0.29, 0.717) is 18.2 Å². The second-order valence-corrected chi connectivity index (χ2v) is 5.31. The molecule has 2 rings (SSSR count). The van der Waals surface area contributed by atoms with E-state index in [1.807, 2.05) is 0 Å². The Balaban J connectivity index is 1.81. The fourth-order valence-electron chi connectivity index (χ4n) is 2.14. The van der Waals surface area contributed by atoms with Gasteiger partial charge in [-0.3, -0.25) is 0 Å². The first kappa shape index (κ1) is 15.6. The molecule has 21 heavy (non-hydrogen) atoms. The van der Waals surface area contributed by atoms with Crippen LogP contribution in [0.25, 0.3) is 0 Å². The lowest BCUT2D eigenvalue weighted by Crippen LogP contribution is -2.30. The molecular weight excluding hydrogens is 296 g/mol. The van der Waals surface area contributed by atoms with E-state index in [4.69, 9.17) is 21.4 Å². The van der Waals surface area contributed by atoms with Gasteiger partial charge in [0.25, 0.3) is 0 Å². The number of amides is 2. The van der Waals surface area contributed by atoms with Crippen molar-refractivity contribution in [3.8, 4) is 0 Å². The summed E-state index contributed by atoms with van der Waals surface area (Å²) in [4.78, 5) is 22.7. The Kier molecular flexibility index (Phi) is 5.41. The van der Waals surface area contributed by atoms with Gasteiger partial charge < -0.3 is 20.5 Å². The lowest BCUT2D eigenvalue weighted by Gasteiger charge is -2.10. The first-order valence-electron chi connectivity index (χ1n) is 6.71. The number of halogens is 1. The third kappa shape index (κ3) is 4.61. The average Bonchev–Trinajstić information content (AvgIpc) is 2.94. The molecule has 7 heteroatoms. The lowest BCUT2D eigenvalue weighted by atomic mass is 10.1. The molecule has 6 nitrogen and oxygen atoms in total. The van der Waals surface area contributed by atoms with Crippen LogP contribution in [0.3, 0.4) is 0 Å². The number of urea groups is 1. The zero-order chi connectivity index (χ0) is 15.2. The number of carbonyl (C=O) groups is 2. The van der Waals surface area contributed by atoms with Gasteiger partial charge in [-0.25, -0.2) is 9.59 Å². The first-order chi connectivity index (χ1) is 10.1. The Hall–Kier alpha value is -1.79. The Labute approximate surface area is 127 Å². The van der Waals surface area contributed by atoms with E-state index in [-0.39, 0.29) is 16.6 Å². The molecule has 3 N–H and O–H groups in total. The summed E-state index contributed by atoms with van der Waals surface area (Å²) in [6, 6.07) is 3.96. The number of nitrogens with one attached hydrogen (secondary N) is 2. The van der Waals surface area contributed by atoms with E-state index in [1.54, 1.807) is 6.07 Å². The summed E-state index contributed by atoms with van der Waals surface area (Å²) in [5, 5.41) is 14.4. The van der Waals surface area contributed by atoms with E-state index in [0.717, 1.165) is 26.1 Å². The minimum Gasteiger partial charge on any atom is -0.478 e. The standard InChI is InChI=1S/C14H17ClN2O4/c15-12-2-1-10(7-11(12)13(18)19)17-14(20)16-5-3-9-4-6-21-8-9/h1-2,7,9H,3-6,8H2,(H,18,19)(H2,16,17,20). The molecule has 1 heterocycles. The summed E-state index contributed by atoms with van der Waals surface area (Å²) < 4.78 is 5.26. The summed E-state index contributed by atoms with van der Waals surface area (Å²) in [5.74, 6) is -0.635. The van der Waals surface area contributed by atoms with Crippen LogP contribution in [0.15, 0.2) is 18.2 Å². The van der Waals surface area contributed by atoms with Crippen LogP contribution in [-0.4, -0.2) is 36.9 Å². The minimum atomic E-state index is -1.13. The number of hydrogen-bond donors (Lipinski definition) is 3. The van der Waals surface area contributed by atoms with Crippen molar-refractivity contribution in [2.24, 2.45) is 5.92 Å². The molecule has 1 aliphatic rings. The van der Waals surface area contributed by atoms with Crippen LogP contribution in [0, 0.1) is 5.92 Å². The van der Waals surface area contributed by atoms with E-state index in [9.17, 15) is 9.59 Å².